The highest BCUT2D eigenvalue weighted by atomic mass is 35.5. The number of halogens is 1. The number of carbonyl (C=O) groups excluding carboxylic acids is 1. The molecule has 0 spiro atoms. The third-order valence-electron chi connectivity index (χ3n) is 8.65. The van der Waals surface area contributed by atoms with E-state index in [0.717, 1.165) is 67.6 Å². The first-order valence-electron chi connectivity index (χ1n) is 13.6. The number of aliphatic hydroxyl groups excluding tert-OH is 1. The van der Waals surface area contributed by atoms with Crippen LogP contribution in [0.4, 0.5) is 5.82 Å². The number of piperazine rings is 1. The van der Waals surface area contributed by atoms with Crippen LogP contribution in [0.25, 0.3) is 0 Å². The Bertz CT molecular complexity index is 1100. The summed E-state index contributed by atoms with van der Waals surface area (Å²) in [5.41, 5.74) is 2.92. The molecule has 1 N–H and O–H groups in total. The van der Waals surface area contributed by atoms with Gasteiger partial charge in [-0.25, -0.2) is 9.97 Å². The number of fused-ring (bicyclic) bond motifs is 1. The van der Waals surface area contributed by atoms with Gasteiger partial charge in [0.05, 0.1) is 17.7 Å². The Morgan fingerprint density at radius 2 is 1.83 bits per heavy atom. The lowest BCUT2D eigenvalue weighted by atomic mass is 9.88. The zero-order valence-electron chi connectivity index (χ0n) is 21.0. The average molecular weight is 510 g/mol. The van der Waals surface area contributed by atoms with E-state index in [2.05, 4.69) is 31.6 Å². The number of likely N-dealkylation sites (tertiary alicyclic amines) is 1. The number of aliphatic hydroxyl groups is 1. The van der Waals surface area contributed by atoms with Crippen LogP contribution in [0.1, 0.15) is 73.8 Å². The summed E-state index contributed by atoms with van der Waals surface area (Å²) in [6.45, 7) is 7.17. The summed E-state index contributed by atoms with van der Waals surface area (Å²) in [5, 5.41) is 11.1. The van der Waals surface area contributed by atoms with Crippen molar-refractivity contribution in [3.63, 3.8) is 0 Å². The van der Waals surface area contributed by atoms with E-state index in [0.29, 0.717) is 24.5 Å². The van der Waals surface area contributed by atoms with Crippen molar-refractivity contribution in [2.45, 2.75) is 63.0 Å². The summed E-state index contributed by atoms with van der Waals surface area (Å²) in [7, 11) is 0. The third-order valence-corrected chi connectivity index (χ3v) is 8.91. The number of hydrogen-bond donors (Lipinski definition) is 1. The van der Waals surface area contributed by atoms with E-state index in [-0.39, 0.29) is 23.8 Å². The molecular weight excluding hydrogens is 474 g/mol. The molecular formula is C28H36ClN5O2. The second kappa shape index (κ2) is 9.92. The first kappa shape index (κ1) is 24.1. The zero-order valence-corrected chi connectivity index (χ0v) is 21.8. The summed E-state index contributed by atoms with van der Waals surface area (Å²) < 4.78 is 0. The van der Waals surface area contributed by atoms with Gasteiger partial charge in [0.1, 0.15) is 12.1 Å². The van der Waals surface area contributed by atoms with Crippen LogP contribution in [0, 0.1) is 5.92 Å². The van der Waals surface area contributed by atoms with Crippen molar-refractivity contribution in [1.29, 1.82) is 0 Å². The largest absolute Gasteiger partial charge is 0.387 e. The van der Waals surface area contributed by atoms with E-state index in [1.807, 2.05) is 24.3 Å². The fourth-order valence-corrected chi connectivity index (χ4v) is 6.70. The van der Waals surface area contributed by atoms with Gasteiger partial charge in [-0.15, -0.1) is 0 Å². The minimum atomic E-state index is -0.509. The van der Waals surface area contributed by atoms with Gasteiger partial charge in [0, 0.05) is 49.4 Å². The van der Waals surface area contributed by atoms with Crippen molar-refractivity contribution in [2.24, 2.45) is 5.92 Å². The maximum absolute atomic E-state index is 14.1. The highest BCUT2D eigenvalue weighted by molar-refractivity contribution is 6.30. The molecule has 6 rings (SSSR count). The summed E-state index contributed by atoms with van der Waals surface area (Å²) >= 11 is 6.21. The first-order valence-corrected chi connectivity index (χ1v) is 13.9. The molecule has 3 heterocycles. The maximum Gasteiger partial charge on any atom is 0.231 e. The number of anilines is 1. The molecule has 0 radical (unpaired) electrons. The summed E-state index contributed by atoms with van der Waals surface area (Å²) in [6, 6.07) is 8.18. The number of benzene rings is 1. The van der Waals surface area contributed by atoms with Crippen molar-refractivity contribution in [2.75, 3.05) is 44.2 Å². The molecule has 0 bridgehead atoms. The molecule has 1 aromatic heterocycles. The van der Waals surface area contributed by atoms with Crippen molar-refractivity contribution in [3.8, 4) is 0 Å². The van der Waals surface area contributed by atoms with E-state index in [1.54, 1.807) is 6.33 Å². The summed E-state index contributed by atoms with van der Waals surface area (Å²) in [6.07, 6.45) is 6.63. The molecule has 2 saturated heterocycles. The van der Waals surface area contributed by atoms with Gasteiger partial charge < -0.3 is 14.9 Å². The lowest BCUT2D eigenvalue weighted by molar-refractivity contribution is -0.134. The highest BCUT2D eigenvalue weighted by Gasteiger charge is 2.41. The normalized spacial score (nSPS) is 27.4. The lowest BCUT2D eigenvalue weighted by Gasteiger charge is -2.40. The number of nitrogens with zero attached hydrogens (tertiary/aromatic N) is 5. The van der Waals surface area contributed by atoms with Crippen LogP contribution >= 0.6 is 11.6 Å². The van der Waals surface area contributed by atoms with Crippen LogP contribution < -0.4 is 4.90 Å². The van der Waals surface area contributed by atoms with Crippen molar-refractivity contribution >= 4 is 23.3 Å². The summed E-state index contributed by atoms with van der Waals surface area (Å²) in [5.74, 6) is 2.05. The number of amides is 1. The minimum absolute atomic E-state index is 0.159. The van der Waals surface area contributed by atoms with Gasteiger partial charge in [0.25, 0.3) is 0 Å². The van der Waals surface area contributed by atoms with Crippen LogP contribution in [-0.4, -0.2) is 76.1 Å². The molecule has 2 aromatic rings. The van der Waals surface area contributed by atoms with E-state index >= 15 is 0 Å². The Kier molecular flexibility index (Phi) is 6.65. The number of hydrogen-bond acceptors (Lipinski definition) is 6. The van der Waals surface area contributed by atoms with Gasteiger partial charge in [-0.3, -0.25) is 9.69 Å². The van der Waals surface area contributed by atoms with E-state index in [9.17, 15) is 9.90 Å². The molecule has 7 nitrogen and oxygen atoms in total. The molecule has 4 atom stereocenters. The Balaban J connectivity index is 1.20. The molecule has 2 aliphatic carbocycles. The quantitative estimate of drug-likeness (QED) is 0.635. The second-order valence-corrected chi connectivity index (χ2v) is 11.6. The fourth-order valence-electron chi connectivity index (χ4n) is 6.58. The van der Waals surface area contributed by atoms with E-state index in [1.165, 1.54) is 12.8 Å². The van der Waals surface area contributed by atoms with Gasteiger partial charge in [-0.2, -0.15) is 0 Å². The van der Waals surface area contributed by atoms with Crippen LogP contribution in [-0.2, 0) is 4.79 Å². The van der Waals surface area contributed by atoms with E-state index in [4.69, 9.17) is 11.6 Å². The van der Waals surface area contributed by atoms with Gasteiger partial charge in [-0.05, 0) is 68.2 Å². The third kappa shape index (κ3) is 4.61. The molecule has 1 unspecified atom stereocenters. The second-order valence-electron chi connectivity index (χ2n) is 11.1. The van der Waals surface area contributed by atoms with E-state index < -0.39 is 6.10 Å². The molecule has 192 valence electrons. The van der Waals surface area contributed by atoms with Crippen LogP contribution in [0.2, 0.25) is 5.02 Å². The Morgan fingerprint density at radius 3 is 2.56 bits per heavy atom. The Hall–Kier alpha value is -2.22. The smallest absolute Gasteiger partial charge is 0.231 e. The van der Waals surface area contributed by atoms with Crippen LogP contribution in [0.5, 0.6) is 0 Å². The van der Waals surface area contributed by atoms with Gasteiger partial charge >= 0.3 is 0 Å². The molecule has 1 saturated carbocycles. The predicted molar refractivity (Wildman–Crippen MR) is 140 cm³/mol. The maximum atomic E-state index is 14.1. The van der Waals surface area contributed by atoms with Crippen molar-refractivity contribution < 1.29 is 9.90 Å². The molecule has 1 aromatic carbocycles. The SMILES string of the molecule is C[C@@H]1C[C@@H](O)c2ncnc(N3CCN(C(=O)C(c4ccc(Cl)cc4)[C@@H]4CCCN4CC4CC4)CC3)c21. The topological polar surface area (TPSA) is 72.8 Å². The Labute approximate surface area is 218 Å². The minimum Gasteiger partial charge on any atom is -0.387 e. The molecule has 1 amide bonds. The number of carbonyl (C=O) groups is 1. The lowest BCUT2D eigenvalue weighted by Crippen LogP contribution is -2.52. The molecule has 36 heavy (non-hydrogen) atoms. The molecule has 2 aliphatic heterocycles. The summed E-state index contributed by atoms with van der Waals surface area (Å²) in [4.78, 5) is 30.0. The fraction of sp³-hybridized carbons (Fsp3) is 0.607. The first-order chi connectivity index (χ1) is 17.5. The molecule has 4 aliphatic rings. The number of aromatic nitrogens is 2. The Morgan fingerprint density at radius 1 is 1.08 bits per heavy atom. The van der Waals surface area contributed by atoms with Crippen LogP contribution in [0.15, 0.2) is 30.6 Å². The van der Waals surface area contributed by atoms with Gasteiger partial charge in [0.2, 0.25) is 5.91 Å². The average Bonchev–Trinajstić information content (AvgIpc) is 3.52. The van der Waals surface area contributed by atoms with Crippen molar-refractivity contribution in [3.05, 3.63) is 52.4 Å². The van der Waals surface area contributed by atoms with Gasteiger partial charge in [-0.1, -0.05) is 30.7 Å². The molecule has 3 fully saturated rings. The predicted octanol–water partition coefficient (Wildman–Crippen LogP) is 3.98. The van der Waals surface area contributed by atoms with Gasteiger partial charge in [0.15, 0.2) is 0 Å². The number of rotatable bonds is 6. The zero-order chi connectivity index (χ0) is 24.8. The van der Waals surface area contributed by atoms with Crippen LogP contribution in [0.3, 0.4) is 0 Å². The monoisotopic (exact) mass is 509 g/mol. The molecule has 8 heteroatoms. The highest BCUT2D eigenvalue weighted by Crippen LogP contribution is 2.43. The standard InChI is InChI=1S/C28H36ClN5O2/c1-18-15-23(35)26-24(18)27(31-17-30-26)32-11-13-33(14-12-32)28(36)25(20-6-8-21(29)9-7-20)22-3-2-10-34(22)16-19-4-5-19/h6-9,17-19,22-23,25,35H,2-5,10-16H2,1H3/t18-,22+,23-,25?/m1/s1. The van der Waals surface area contributed by atoms with Crippen molar-refractivity contribution in [1.82, 2.24) is 19.8 Å².